The Bertz CT molecular complexity index is 88.3. The lowest BCUT2D eigenvalue weighted by atomic mass is 10.2. The Morgan fingerprint density at radius 3 is 2.33 bits per heavy atom. The van der Waals surface area contributed by atoms with Crippen LogP contribution in [0.4, 0.5) is 0 Å². The van der Waals surface area contributed by atoms with Gasteiger partial charge in [0.1, 0.15) is 0 Å². The van der Waals surface area contributed by atoms with E-state index < -0.39 is 12.2 Å². The molecule has 0 amide bonds. The first-order valence-corrected chi connectivity index (χ1v) is 2.84. The standard InChI is InChI=1S/C6H12O3/c1-5(8)6(9)3-2-4-7/h2,4-9H,3H2,1H3. The van der Waals surface area contributed by atoms with Gasteiger partial charge in [-0.2, -0.15) is 0 Å². The Morgan fingerprint density at radius 2 is 2.00 bits per heavy atom. The van der Waals surface area contributed by atoms with E-state index >= 15 is 0 Å². The smallest absolute Gasteiger partial charge is 0.0831 e. The molecule has 0 saturated heterocycles. The molecule has 0 heterocycles. The van der Waals surface area contributed by atoms with Crippen LogP contribution in [-0.2, 0) is 0 Å². The molecule has 0 aromatic carbocycles. The average Bonchev–Trinajstić information content (AvgIpc) is 1.82. The normalized spacial score (nSPS) is 18.1. The van der Waals surface area contributed by atoms with Crippen LogP contribution in [0, 0.1) is 0 Å². The van der Waals surface area contributed by atoms with Crippen molar-refractivity contribution in [1.82, 2.24) is 0 Å². The quantitative estimate of drug-likeness (QED) is 0.480. The van der Waals surface area contributed by atoms with Crippen molar-refractivity contribution in [3.8, 4) is 0 Å². The first kappa shape index (κ1) is 8.46. The Hall–Kier alpha value is -0.540. The summed E-state index contributed by atoms with van der Waals surface area (Å²) in [5.74, 6) is 0. The molecule has 3 nitrogen and oxygen atoms in total. The van der Waals surface area contributed by atoms with Gasteiger partial charge < -0.3 is 15.3 Å². The molecule has 0 spiro atoms. The van der Waals surface area contributed by atoms with Gasteiger partial charge in [-0.25, -0.2) is 0 Å². The molecule has 0 aromatic rings. The van der Waals surface area contributed by atoms with Crippen molar-refractivity contribution >= 4 is 0 Å². The highest BCUT2D eigenvalue weighted by atomic mass is 16.3. The second-order valence-corrected chi connectivity index (χ2v) is 1.93. The molecule has 9 heavy (non-hydrogen) atoms. The highest BCUT2D eigenvalue weighted by Gasteiger charge is 2.07. The van der Waals surface area contributed by atoms with Gasteiger partial charge in [0.15, 0.2) is 0 Å². The Morgan fingerprint density at radius 1 is 1.44 bits per heavy atom. The fourth-order valence-electron chi connectivity index (χ4n) is 0.397. The maximum absolute atomic E-state index is 8.85. The summed E-state index contributed by atoms with van der Waals surface area (Å²) in [6.45, 7) is 1.50. The maximum atomic E-state index is 8.85. The predicted octanol–water partition coefficient (Wildman–Crippen LogP) is 0.190. The summed E-state index contributed by atoms with van der Waals surface area (Å²) in [5, 5.41) is 25.7. The lowest BCUT2D eigenvalue weighted by Gasteiger charge is -2.09. The SMILES string of the molecule is CC(O)C(O)CC=CO. The molecule has 0 fully saturated rings. The van der Waals surface area contributed by atoms with Crippen molar-refractivity contribution in [3.05, 3.63) is 12.3 Å². The van der Waals surface area contributed by atoms with Gasteiger partial charge in [0.2, 0.25) is 0 Å². The largest absolute Gasteiger partial charge is 0.516 e. The summed E-state index contributed by atoms with van der Waals surface area (Å²) >= 11 is 0. The van der Waals surface area contributed by atoms with Crippen LogP contribution in [0.1, 0.15) is 13.3 Å². The molecule has 3 N–H and O–H groups in total. The highest BCUT2D eigenvalue weighted by molar-refractivity contribution is 4.78. The van der Waals surface area contributed by atoms with Crippen LogP contribution >= 0.6 is 0 Å². The number of aliphatic hydroxyl groups is 3. The monoisotopic (exact) mass is 132 g/mol. The molecule has 0 saturated carbocycles. The van der Waals surface area contributed by atoms with E-state index in [0.717, 1.165) is 6.26 Å². The molecule has 0 aromatic heterocycles. The minimum absolute atomic E-state index is 0.286. The van der Waals surface area contributed by atoms with E-state index in [1.165, 1.54) is 13.0 Å². The summed E-state index contributed by atoms with van der Waals surface area (Å²) in [5.41, 5.74) is 0. The lowest BCUT2D eigenvalue weighted by molar-refractivity contribution is 0.0334. The van der Waals surface area contributed by atoms with Gasteiger partial charge in [0.05, 0.1) is 18.5 Å². The van der Waals surface area contributed by atoms with Gasteiger partial charge in [0.25, 0.3) is 0 Å². The zero-order valence-corrected chi connectivity index (χ0v) is 5.36. The van der Waals surface area contributed by atoms with E-state index in [2.05, 4.69) is 0 Å². The van der Waals surface area contributed by atoms with Crippen LogP contribution in [0.5, 0.6) is 0 Å². The summed E-state index contributed by atoms with van der Waals surface area (Å²) in [7, 11) is 0. The molecular formula is C6H12O3. The van der Waals surface area contributed by atoms with Gasteiger partial charge in [0, 0.05) is 0 Å². The number of hydrogen-bond acceptors (Lipinski definition) is 3. The zero-order chi connectivity index (χ0) is 7.28. The molecule has 0 aliphatic heterocycles. The first-order valence-electron chi connectivity index (χ1n) is 2.84. The summed E-state index contributed by atoms with van der Waals surface area (Å²) in [6, 6.07) is 0. The van der Waals surface area contributed by atoms with Gasteiger partial charge in [-0.05, 0) is 19.4 Å². The van der Waals surface area contributed by atoms with Gasteiger partial charge in [-0.3, -0.25) is 0 Å². The molecule has 0 radical (unpaired) electrons. The molecule has 2 atom stereocenters. The van der Waals surface area contributed by atoms with Crippen molar-refractivity contribution in [1.29, 1.82) is 0 Å². The van der Waals surface area contributed by atoms with E-state index in [1.54, 1.807) is 0 Å². The average molecular weight is 132 g/mol. The predicted molar refractivity (Wildman–Crippen MR) is 34.1 cm³/mol. The van der Waals surface area contributed by atoms with Crippen molar-refractivity contribution in [2.24, 2.45) is 0 Å². The fourth-order valence-corrected chi connectivity index (χ4v) is 0.397. The highest BCUT2D eigenvalue weighted by Crippen LogP contribution is 1.97. The van der Waals surface area contributed by atoms with E-state index in [-0.39, 0.29) is 6.42 Å². The van der Waals surface area contributed by atoms with Crippen LogP contribution in [-0.4, -0.2) is 27.5 Å². The number of hydrogen-bond donors (Lipinski definition) is 3. The topological polar surface area (TPSA) is 60.7 Å². The van der Waals surface area contributed by atoms with Crippen LogP contribution in [0.3, 0.4) is 0 Å². The van der Waals surface area contributed by atoms with Crippen molar-refractivity contribution in [2.75, 3.05) is 0 Å². The van der Waals surface area contributed by atoms with E-state index in [1.807, 2.05) is 0 Å². The van der Waals surface area contributed by atoms with Crippen LogP contribution in [0.15, 0.2) is 12.3 Å². The van der Waals surface area contributed by atoms with Gasteiger partial charge >= 0.3 is 0 Å². The third-order valence-corrected chi connectivity index (χ3v) is 1.04. The second-order valence-electron chi connectivity index (χ2n) is 1.93. The number of aliphatic hydroxyl groups excluding tert-OH is 3. The Kier molecular flexibility index (Phi) is 4.09. The first-order chi connectivity index (χ1) is 4.18. The third kappa shape index (κ3) is 4.00. The summed E-state index contributed by atoms with van der Waals surface area (Å²) < 4.78 is 0. The lowest BCUT2D eigenvalue weighted by Crippen LogP contribution is -2.21. The van der Waals surface area contributed by atoms with Crippen molar-refractivity contribution < 1.29 is 15.3 Å². The third-order valence-electron chi connectivity index (χ3n) is 1.04. The molecule has 0 rings (SSSR count). The zero-order valence-electron chi connectivity index (χ0n) is 5.36. The van der Waals surface area contributed by atoms with Crippen molar-refractivity contribution in [2.45, 2.75) is 25.6 Å². The van der Waals surface area contributed by atoms with E-state index in [9.17, 15) is 0 Å². The molecular weight excluding hydrogens is 120 g/mol. The van der Waals surface area contributed by atoms with E-state index in [4.69, 9.17) is 15.3 Å². The summed E-state index contributed by atoms with van der Waals surface area (Å²) in [6.07, 6.45) is 1.02. The minimum Gasteiger partial charge on any atom is -0.516 e. The van der Waals surface area contributed by atoms with Crippen LogP contribution < -0.4 is 0 Å². The van der Waals surface area contributed by atoms with E-state index in [0.29, 0.717) is 0 Å². The van der Waals surface area contributed by atoms with Crippen LogP contribution in [0.2, 0.25) is 0 Å². The van der Waals surface area contributed by atoms with Gasteiger partial charge in [-0.1, -0.05) is 0 Å². The van der Waals surface area contributed by atoms with Crippen molar-refractivity contribution in [3.63, 3.8) is 0 Å². The molecule has 2 unspecified atom stereocenters. The van der Waals surface area contributed by atoms with Crippen LogP contribution in [0.25, 0.3) is 0 Å². The molecule has 0 aliphatic rings. The molecule has 3 heteroatoms. The number of rotatable bonds is 3. The Balaban J connectivity index is 3.38. The molecule has 54 valence electrons. The Labute approximate surface area is 54.3 Å². The molecule has 0 aliphatic carbocycles. The molecule has 0 bridgehead atoms. The second kappa shape index (κ2) is 4.35. The minimum atomic E-state index is -0.770. The fraction of sp³-hybridized carbons (Fsp3) is 0.667. The van der Waals surface area contributed by atoms with Gasteiger partial charge in [-0.15, -0.1) is 0 Å². The summed E-state index contributed by atoms with van der Waals surface area (Å²) in [4.78, 5) is 0. The maximum Gasteiger partial charge on any atom is 0.0831 e.